The van der Waals surface area contributed by atoms with Crippen molar-refractivity contribution in [1.29, 1.82) is 0 Å². The van der Waals surface area contributed by atoms with Gasteiger partial charge in [0, 0.05) is 18.0 Å². The average Bonchev–Trinajstić information content (AvgIpc) is 2.01. The topological polar surface area (TPSA) is 55.1 Å². The Balaban J connectivity index is 4.21. The van der Waals surface area contributed by atoms with E-state index < -0.39 is 0 Å². The summed E-state index contributed by atoms with van der Waals surface area (Å²) in [6.45, 7) is 10.6. The molecule has 1 atom stereocenters. The van der Waals surface area contributed by atoms with Gasteiger partial charge < -0.3 is 11.1 Å². The van der Waals surface area contributed by atoms with Crippen LogP contribution in [0.2, 0.25) is 0 Å². The van der Waals surface area contributed by atoms with Crippen molar-refractivity contribution in [1.82, 2.24) is 5.32 Å². The van der Waals surface area contributed by atoms with Gasteiger partial charge in [-0.25, -0.2) is 0 Å². The van der Waals surface area contributed by atoms with Gasteiger partial charge in [0.1, 0.15) is 0 Å². The second-order valence-corrected chi connectivity index (χ2v) is 5.09. The zero-order valence-electron chi connectivity index (χ0n) is 10.1. The van der Waals surface area contributed by atoms with E-state index in [1.165, 1.54) is 0 Å². The summed E-state index contributed by atoms with van der Waals surface area (Å²) in [6.07, 6.45) is 0.899. The number of nitrogens with two attached hydrogens (primary N) is 1. The molecule has 0 radical (unpaired) electrons. The number of rotatable bonds is 5. The average molecular weight is 200 g/mol. The summed E-state index contributed by atoms with van der Waals surface area (Å²) in [4.78, 5) is 11.8. The number of hydrogen-bond donors (Lipinski definition) is 2. The molecule has 0 spiro atoms. The highest BCUT2D eigenvalue weighted by atomic mass is 16.2. The normalized spacial score (nSPS) is 14.2. The van der Waals surface area contributed by atoms with Crippen LogP contribution in [0.3, 0.4) is 0 Å². The van der Waals surface area contributed by atoms with Gasteiger partial charge in [-0.15, -0.1) is 0 Å². The standard InChI is InChI=1S/C11H24N2O/c1-8(2)6-11(4,5)10(14)13-9(3)7-12/h8-9H,6-7,12H2,1-5H3,(H,13,14)/t9-/m0/s1. The van der Waals surface area contributed by atoms with Crippen molar-refractivity contribution < 1.29 is 4.79 Å². The molecule has 0 aliphatic heterocycles. The fourth-order valence-corrected chi connectivity index (χ4v) is 1.59. The lowest BCUT2D eigenvalue weighted by Crippen LogP contribution is -2.45. The molecule has 0 bridgehead atoms. The van der Waals surface area contributed by atoms with Crippen LogP contribution in [0.4, 0.5) is 0 Å². The Bertz CT molecular complexity index is 188. The molecule has 0 aliphatic rings. The molecule has 3 N–H and O–H groups in total. The minimum absolute atomic E-state index is 0.0638. The van der Waals surface area contributed by atoms with Gasteiger partial charge in [0.15, 0.2) is 0 Å². The Morgan fingerprint density at radius 2 is 1.86 bits per heavy atom. The minimum Gasteiger partial charge on any atom is -0.352 e. The molecule has 0 aromatic carbocycles. The number of amides is 1. The third-order valence-electron chi connectivity index (χ3n) is 2.26. The van der Waals surface area contributed by atoms with Gasteiger partial charge in [0.25, 0.3) is 0 Å². The molecular weight excluding hydrogens is 176 g/mol. The monoisotopic (exact) mass is 200 g/mol. The van der Waals surface area contributed by atoms with E-state index >= 15 is 0 Å². The Hall–Kier alpha value is -0.570. The molecule has 3 nitrogen and oxygen atoms in total. The molecule has 0 rings (SSSR count). The molecule has 0 fully saturated rings. The minimum atomic E-state index is -0.294. The number of carbonyl (C=O) groups excluding carboxylic acids is 1. The number of carbonyl (C=O) groups is 1. The molecule has 0 saturated carbocycles. The van der Waals surface area contributed by atoms with Crippen molar-refractivity contribution in [3.63, 3.8) is 0 Å². The Labute approximate surface area is 87.4 Å². The number of hydrogen-bond acceptors (Lipinski definition) is 2. The highest BCUT2D eigenvalue weighted by molar-refractivity contribution is 5.82. The Kier molecular flexibility index (Phi) is 5.13. The van der Waals surface area contributed by atoms with E-state index in [1.807, 2.05) is 20.8 Å². The molecule has 14 heavy (non-hydrogen) atoms. The molecule has 0 aliphatic carbocycles. The maximum absolute atomic E-state index is 11.8. The fraction of sp³-hybridized carbons (Fsp3) is 0.909. The van der Waals surface area contributed by atoms with Crippen molar-refractivity contribution in [2.45, 2.75) is 47.1 Å². The van der Waals surface area contributed by atoms with Gasteiger partial charge >= 0.3 is 0 Å². The Morgan fingerprint density at radius 1 is 1.36 bits per heavy atom. The van der Waals surface area contributed by atoms with Gasteiger partial charge in [0.05, 0.1) is 0 Å². The second kappa shape index (κ2) is 5.35. The largest absolute Gasteiger partial charge is 0.352 e. The van der Waals surface area contributed by atoms with E-state index in [0.29, 0.717) is 12.5 Å². The lowest BCUT2D eigenvalue weighted by molar-refractivity contribution is -0.130. The van der Waals surface area contributed by atoms with E-state index in [2.05, 4.69) is 19.2 Å². The van der Waals surface area contributed by atoms with E-state index in [-0.39, 0.29) is 17.4 Å². The maximum Gasteiger partial charge on any atom is 0.225 e. The third kappa shape index (κ3) is 4.61. The molecule has 0 unspecified atom stereocenters. The summed E-state index contributed by atoms with van der Waals surface area (Å²) in [7, 11) is 0. The van der Waals surface area contributed by atoms with Crippen molar-refractivity contribution >= 4 is 5.91 Å². The summed E-state index contributed by atoms with van der Waals surface area (Å²) >= 11 is 0. The summed E-state index contributed by atoms with van der Waals surface area (Å²) < 4.78 is 0. The highest BCUT2D eigenvalue weighted by Gasteiger charge is 2.28. The molecule has 0 heterocycles. The van der Waals surface area contributed by atoms with Gasteiger partial charge in [-0.3, -0.25) is 4.79 Å². The smallest absolute Gasteiger partial charge is 0.225 e. The zero-order chi connectivity index (χ0) is 11.4. The first-order valence-electron chi connectivity index (χ1n) is 5.30. The summed E-state index contributed by atoms with van der Waals surface area (Å²) in [6, 6.07) is 0.0638. The molecule has 3 heteroatoms. The molecule has 84 valence electrons. The van der Waals surface area contributed by atoms with Crippen LogP contribution in [0, 0.1) is 11.3 Å². The molecule has 1 amide bonds. The van der Waals surface area contributed by atoms with E-state index in [9.17, 15) is 4.79 Å². The summed E-state index contributed by atoms with van der Waals surface area (Å²) in [5.41, 5.74) is 5.16. The van der Waals surface area contributed by atoms with Gasteiger partial charge in [-0.2, -0.15) is 0 Å². The molecule has 0 aromatic heterocycles. The molecule has 0 saturated heterocycles. The van der Waals surface area contributed by atoms with E-state index in [0.717, 1.165) is 6.42 Å². The van der Waals surface area contributed by atoms with Crippen LogP contribution in [0.15, 0.2) is 0 Å². The van der Waals surface area contributed by atoms with Crippen LogP contribution in [-0.4, -0.2) is 18.5 Å². The summed E-state index contributed by atoms with van der Waals surface area (Å²) in [5.74, 6) is 0.632. The van der Waals surface area contributed by atoms with Crippen molar-refractivity contribution in [2.75, 3.05) is 6.54 Å². The van der Waals surface area contributed by atoms with Crippen molar-refractivity contribution in [3.05, 3.63) is 0 Å². The number of nitrogens with one attached hydrogen (secondary N) is 1. The predicted molar refractivity (Wildman–Crippen MR) is 59.9 cm³/mol. The first kappa shape index (κ1) is 13.4. The van der Waals surface area contributed by atoms with Gasteiger partial charge in [-0.1, -0.05) is 27.7 Å². The quantitative estimate of drug-likeness (QED) is 0.707. The van der Waals surface area contributed by atoms with Gasteiger partial charge in [-0.05, 0) is 19.3 Å². The highest BCUT2D eigenvalue weighted by Crippen LogP contribution is 2.25. The lowest BCUT2D eigenvalue weighted by atomic mass is 9.83. The fourth-order valence-electron chi connectivity index (χ4n) is 1.59. The second-order valence-electron chi connectivity index (χ2n) is 5.09. The third-order valence-corrected chi connectivity index (χ3v) is 2.26. The van der Waals surface area contributed by atoms with E-state index in [1.54, 1.807) is 0 Å². The van der Waals surface area contributed by atoms with Crippen LogP contribution >= 0.6 is 0 Å². The van der Waals surface area contributed by atoms with Crippen molar-refractivity contribution in [2.24, 2.45) is 17.1 Å². The molecular formula is C11H24N2O. The van der Waals surface area contributed by atoms with Crippen LogP contribution in [0.5, 0.6) is 0 Å². The van der Waals surface area contributed by atoms with Crippen LogP contribution in [-0.2, 0) is 4.79 Å². The SMILES string of the molecule is CC(C)CC(C)(C)C(=O)N[C@@H](C)CN. The first-order chi connectivity index (χ1) is 6.29. The van der Waals surface area contributed by atoms with Crippen LogP contribution < -0.4 is 11.1 Å². The maximum atomic E-state index is 11.8. The van der Waals surface area contributed by atoms with E-state index in [4.69, 9.17) is 5.73 Å². The van der Waals surface area contributed by atoms with Gasteiger partial charge in [0.2, 0.25) is 5.91 Å². The summed E-state index contributed by atoms with van der Waals surface area (Å²) in [5, 5.41) is 2.91. The van der Waals surface area contributed by atoms with Crippen LogP contribution in [0.1, 0.15) is 41.0 Å². The zero-order valence-corrected chi connectivity index (χ0v) is 10.1. The predicted octanol–water partition coefficient (Wildman–Crippen LogP) is 1.52. The first-order valence-corrected chi connectivity index (χ1v) is 5.30. The van der Waals surface area contributed by atoms with Crippen LogP contribution in [0.25, 0.3) is 0 Å². The Morgan fingerprint density at radius 3 is 2.21 bits per heavy atom. The lowest BCUT2D eigenvalue weighted by Gasteiger charge is -2.27. The molecule has 0 aromatic rings. The van der Waals surface area contributed by atoms with Crippen molar-refractivity contribution in [3.8, 4) is 0 Å².